The van der Waals surface area contributed by atoms with Crippen molar-refractivity contribution in [2.45, 2.75) is 26.2 Å². The van der Waals surface area contributed by atoms with Crippen molar-refractivity contribution in [3.8, 4) is 0 Å². The SMILES string of the molecule is CC(C)(C)c1cc2ccccc2[cH-]1.[Cl][Ti][Cl]. The van der Waals surface area contributed by atoms with E-state index in [1.807, 2.05) is 0 Å². The molecule has 0 N–H and O–H groups in total. The molecule has 0 bridgehead atoms. The van der Waals surface area contributed by atoms with Crippen molar-refractivity contribution in [1.29, 1.82) is 0 Å². The Morgan fingerprint density at radius 2 is 1.69 bits per heavy atom. The number of hydrogen-bond donors (Lipinski definition) is 0. The molecule has 0 heterocycles. The summed E-state index contributed by atoms with van der Waals surface area (Å²) in [5.41, 5.74) is 1.69. The monoisotopic (exact) mass is 289 g/mol. The van der Waals surface area contributed by atoms with Crippen molar-refractivity contribution in [2.75, 3.05) is 0 Å². The first-order valence-electron chi connectivity index (χ1n) is 5.11. The van der Waals surface area contributed by atoms with E-state index in [2.05, 4.69) is 57.2 Å². The van der Waals surface area contributed by atoms with Crippen LogP contribution in [-0.4, -0.2) is 0 Å². The van der Waals surface area contributed by atoms with Gasteiger partial charge in [-0.2, -0.15) is 6.07 Å². The van der Waals surface area contributed by atoms with Gasteiger partial charge in [-0.1, -0.05) is 26.8 Å². The first-order valence-corrected chi connectivity index (χ1v) is 9.41. The molecule has 0 unspecified atom stereocenters. The van der Waals surface area contributed by atoms with Gasteiger partial charge >= 0.3 is 35.6 Å². The second-order valence-corrected chi connectivity index (χ2v) is 7.27. The predicted molar refractivity (Wildman–Crippen MR) is 69.9 cm³/mol. The molecule has 0 fully saturated rings. The summed E-state index contributed by atoms with van der Waals surface area (Å²) < 4.78 is 0. The van der Waals surface area contributed by atoms with Gasteiger partial charge in [-0.25, -0.2) is 0 Å². The maximum absolute atomic E-state index is 4.89. The van der Waals surface area contributed by atoms with E-state index in [9.17, 15) is 0 Å². The van der Waals surface area contributed by atoms with E-state index in [1.165, 1.54) is 16.3 Å². The van der Waals surface area contributed by atoms with Gasteiger partial charge in [-0.15, -0.1) is 40.6 Å². The summed E-state index contributed by atoms with van der Waals surface area (Å²) >= 11 is -0.556. The topological polar surface area (TPSA) is 0 Å². The van der Waals surface area contributed by atoms with E-state index in [0.717, 1.165) is 0 Å². The molecule has 86 valence electrons. The Bertz CT molecular complexity index is 407. The van der Waals surface area contributed by atoms with Gasteiger partial charge in [0.1, 0.15) is 0 Å². The molecule has 16 heavy (non-hydrogen) atoms. The van der Waals surface area contributed by atoms with Crippen molar-refractivity contribution in [3.63, 3.8) is 0 Å². The fourth-order valence-electron chi connectivity index (χ4n) is 1.58. The third-order valence-electron chi connectivity index (χ3n) is 2.48. The number of benzene rings is 1. The van der Waals surface area contributed by atoms with Gasteiger partial charge in [0.15, 0.2) is 0 Å². The van der Waals surface area contributed by atoms with Gasteiger partial charge in [0, 0.05) is 0 Å². The third kappa shape index (κ3) is 3.85. The predicted octanol–water partition coefficient (Wildman–Crippen LogP) is 5.23. The number of hydrogen-bond acceptors (Lipinski definition) is 0. The molecule has 3 heteroatoms. The molecule has 2 aromatic carbocycles. The Labute approximate surface area is 114 Å². The van der Waals surface area contributed by atoms with Crippen LogP contribution < -0.4 is 0 Å². The molecular weight excluding hydrogens is 275 g/mol. The van der Waals surface area contributed by atoms with Crippen LogP contribution in [0.1, 0.15) is 26.3 Å². The molecule has 0 nitrogen and oxygen atoms in total. The molecular formula is C13H15Cl2Ti-. The van der Waals surface area contributed by atoms with Crippen molar-refractivity contribution < 1.29 is 17.0 Å². The average molecular weight is 290 g/mol. The van der Waals surface area contributed by atoms with Gasteiger partial charge in [-0.05, 0) is 5.41 Å². The fraction of sp³-hybridized carbons (Fsp3) is 0.308. The summed E-state index contributed by atoms with van der Waals surface area (Å²) in [7, 11) is 9.78. The first-order chi connectivity index (χ1) is 7.49. The van der Waals surface area contributed by atoms with Gasteiger partial charge in [-0.3, -0.25) is 0 Å². The zero-order chi connectivity index (χ0) is 12.2. The minimum absolute atomic E-state index is 0.263. The van der Waals surface area contributed by atoms with Crippen LogP contribution >= 0.6 is 18.6 Å². The van der Waals surface area contributed by atoms with Crippen molar-refractivity contribution in [1.82, 2.24) is 0 Å². The van der Waals surface area contributed by atoms with Crippen LogP contribution in [0.25, 0.3) is 10.8 Å². The van der Waals surface area contributed by atoms with Gasteiger partial charge < -0.3 is 0 Å². The van der Waals surface area contributed by atoms with Crippen LogP contribution in [0.3, 0.4) is 0 Å². The van der Waals surface area contributed by atoms with E-state index in [0.29, 0.717) is 0 Å². The van der Waals surface area contributed by atoms with Crippen molar-refractivity contribution >= 4 is 29.4 Å². The number of fused-ring (bicyclic) bond motifs is 1. The molecule has 0 saturated carbocycles. The Morgan fingerprint density at radius 3 is 2.19 bits per heavy atom. The van der Waals surface area contributed by atoms with Crippen LogP contribution in [0.2, 0.25) is 0 Å². The van der Waals surface area contributed by atoms with Crippen molar-refractivity contribution in [3.05, 3.63) is 42.0 Å². The van der Waals surface area contributed by atoms with E-state index in [-0.39, 0.29) is 5.41 Å². The zero-order valence-corrected chi connectivity index (χ0v) is 12.8. The van der Waals surface area contributed by atoms with E-state index in [1.54, 1.807) is 0 Å². The van der Waals surface area contributed by atoms with Crippen LogP contribution in [0, 0.1) is 0 Å². The Kier molecular flexibility index (Phi) is 5.47. The van der Waals surface area contributed by atoms with Gasteiger partial charge in [0.05, 0.1) is 0 Å². The second-order valence-electron chi connectivity index (χ2n) is 4.69. The quantitative estimate of drug-likeness (QED) is 0.460. The summed E-state index contributed by atoms with van der Waals surface area (Å²) in [6, 6.07) is 13.1. The Balaban J connectivity index is 0.000000386. The average Bonchev–Trinajstić information content (AvgIpc) is 2.61. The van der Waals surface area contributed by atoms with E-state index < -0.39 is 17.0 Å². The van der Waals surface area contributed by atoms with Crippen LogP contribution in [0.15, 0.2) is 36.4 Å². The van der Waals surface area contributed by atoms with Crippen molar-refractivity contribution in [2.24, 2.45) is 0 Å². The summed E-state index contributed by atoms with van der Waals surface area (Å²) in [5, 5.41) is 2.71. The van der Waals surface area contributed by atoms with Crippen LogP contribution in [0.5, 0.6) is 0 Å². The third-order valence-corrected chi connectivity index (χ3v) is 2.48. The molecule has 0 amide bonds. The van der Waals surface area contributed by atoms with Gasteiger partial charge in [0.25, 0.3) is 0 Å². The molecule has 0 saturated heterocycles. The molecule has 0 aromatic heterocycles. The normalized spacial score (nSPS) is 10.8. The number of rotatable bonds is 0. The summed E-state index contributed by atoms with van der Waals surface area (Å²) in [5.74, 6) is 0. The molecule has 0 spiro atoms. The molecule has 0 radical (unpaired) electrons. The van der Waals surface area contributed by atoms with Crippen LogP contribution in [0.4, 0.5) is 0 Å². The summed E-state index contributed by atoms with van der Waals surface area (Å²) in [4.78, 5) is 0. The Hall–Kier alpha value is 0.124. The molecule has 0 aliphatic heterocycles. The zero-order valence-electron chi connectivity index (χ0n) is 9.72. The standard InChI is InChI=1S/C13H15.2ClH.Ti/c1-13(2,3)12-8-10-6-4-5-7-11(10)9-12;;;/h4-9H,1-3H3;2*1H;/q-1;;;+2/p-2. The second kappa shape index (κ2) is 6.16. The molecule has 0 atom stereocenters. The summed E-state index contributed by atoms with van der Waals surface area (Å²) in [6.07, 6.45) is 0. The van der Waals surface area contributed by atoms with E-state index in [4.69, 9.17) is 18.6 Å². The van der Waals surface area contributed by atoms with E-state index >= 15 is 0 Å². The Morgan fingerprint density at radius 1 is 1.12 bits per heavy atom. The minimum atomic E-state index is -0.556. The molecule has 0 aliphatic rings. The molecule has 2 aromatic rings. The summed E-state index contributed by atoms with van der Waals surface area (Å²) in [6.45, 7) is 6.75. The first kappa shape index (κ1) is 14.2. The fourth-order valence-corrected chi connectivity index (χ4v) is 1.58. The molecule has 0 aliphatic carbocycles. The number of halogens is 2. The van der Waals surface area contributed by atoms with Crippen LogP contribution in [-0.2, 0) is 22.4 Å². The van der Waals surface area contributed by atoms with Gasteiger partial charge in [0.2, 0.25) is 0 Å². The molecule has 2 rings (SSSR count). The maximum atomic E-state index is 4.89.